The van der Waals surface area contributed by atoms with E-state index in [4.69, 9.17) is 9.47 Å². The van der Waals surface area contributed by atoms with Crippen LogP contribution in [-0.4, -0.2) is 110 Å². The highest BCUT2D eigenvalue weighted by Crippen LogP contribution is 2.34. The summed E-state index contributed by atoms with van der Waals surface area (Å²) in [5.74, 6) is 6.35. The first-order valence-electron chi connectivity index (χ1n) is 21.9. The number of likely N-dealkylation sites (tertiary alicyclic amines) is 1. The van der Waals surface area contributed by atoms with Crippen molar-refractivity contribution < 1.29 is 37.3 Å². The molecule has 0 saturated carbocycles. The minimum absolute atomic E-state index is 0.0211. The summed E-state index contributed by atoms with van der Waals surface area (Å²) in [5, 5.41) is 23.4. The fraction of sp³-hybridized carbons (Fsp3) is 0.408. The lowest BCUT2D eigenvalue weighted by Crippen LogP contribution is -2.54. The highest BCUT2D eigenvalue weighted by atomic mass is 19.4. The molecule has 0 aliphatic carbocycles. The van der Waals surface area contributed by atoms with Gasteiger partial charge in [0.15, 0.2) is 0 Å². The van der Waals surface area contributed by atoms with E-state index in [2.05, 4.69) is 50.0 Å². The quantitative estimate of drug-likeness (QED) is 0.0772. The highest BCUT2D eigenvalue weighted by Gasteiger charge is 2.33. The molecule has 3 aromatic carbocycles. The van der Waals surface area contributed by atoms with Gasteiger partial charge in [-0.25, -0.2) is 0 Å². The first kappa shape index (κ1) is 46.5. The molecule has 2 aliphatic heterocycles. The topological polar surface area (TPSA) is 145 Å². The van der Waals surface area contributed by atoms with Crippen molar-refractivity contribution in [1.82, 2.24) is 25.1 Å². The van der Waals surface area contributed by atoms with Crippen molar-refractivity contribution in [3.63, 3.8) is 0 Å². The molecule has 0 bridgehead atoms. The number of carbonyl (C=O) groups is 2. The van der Waals surface area contributed by atoms with E-state index in [1.807, 2.05) is 62.2 Å². The maximum atomic E-state index is 13.9. The number of nitrogens with zero attached hydrogens (tertiary/aromatic N) is 4. The molecule has 0 radical (unpaired) electrons. The van der Waals surface area contributed by atoms with Crippen LogP contribution >= 0.6 is 0 Å². The Labute approximate surface area is 377 Å². The van der Waals surface area contributed by atoms with Crippen molar-refractivity contribution in [2.24, 2.45) is 5.92 Å². The fourth-order valence-corrected chi connectivity index (χ4v) is 8.66. The van der Waals surface area contributed by atoms with Crippen molar-refractivity contribution in [2.75, 3.05) is 69.5 Å². The Morgan fingerprint density at radius 3 is 2.49 bits per heavy atom. The molecule has 3 atom stereocenters. The molecular formula is C49H57F3N8O5. The molecule has 1 fully saturated rings. The fourth-order valence-electron chi connectivity index (χ4n) is 8.66. The van der Waals surface area contributed by atoms with Gasteiger partial charge < -0.3 is 50.2 Å². The van der Waals surface area contributed by atoms with Crippen LogP contribution in [0.2, 0.25) is 0 Å². The lowest BCUT2D eigenvalue weighted by molar-refractivity contribution is -0.140. The molecule has 16 heteroatoms. The van der Waals surface area contributed by atoms with Crippen molar-refractivity contribution in [1.29, 1.82) is 0 Å². The third-order valence-corrected chi connectivity index (χ3v) is 12.0. The zero-order valence-electron chi connectivity index (χ0n) is 37.3. The van der Waals surface area contributed by atoms with E-state index < -0.39 is 30.9 Å². The predicted octanol–water partition coefficient (Wildman–Crippen LogP) is 6.62. The number of hydrogen-bond acceptors (Lipinski definition) is 10. The highest BCUT2D eigenvalue weighted by molar-refractivity contribution is 5.96. The van der Waals surface area contributed by atoms with Gasteiger partial charge in [-0.2, -0.15) is 13.2 Å². The van der Waals surface area contributed by atoms with Gasteiger partial charge in [0.05, 0.1) is 49.7 Å². The molecule has 0 unspecified atom stereocenters. The molecule has 0 spiro atoms. The molecule has 344 valence electrons. The molecule has 5 N–H and O–H groups in total. The second-order valence-corrected chi connectivity index (χ2v) is 17.0. The predicted molar refractivity (Wildman–Crippen MR) is 247 cm³/mol. The summed E-state index contributed by atoms with van der Waals surface area (Å²) in [6, 6.07) is 20.6. The van der Waals surface area contributed by atoms with Crippen LogP contribution in [0.3, 0.4) is 0 Å². The summed E-state index contributed by atoms with van der Waals surface area (Å²) < 4.78 is 55.0. The number of nitrogens with one attached hydrogen (secondary N) is 4. The summed E-state index contributed by atoms with van der Waals surface area (Å²) in [4.78, 5) is 35.4. The number of amides is 2. The number of methoxy groups -OCH3 is 1. The number of aliphatic hydroxyl groups is 1. The van der Waals surface area contributed by atoms with Crippen LogP contribution in [0, 0.1) is 17.8 Å². The maximum absolute atomic E-state index is 13.9. The largest absolute Gasteiger partial charge is 0.495 e. The standard InChI is InChI=1S/C49H57F3N8O5/c1-31(2)46-48(63)57-36(29-61)24-33-11-13-38(27-43(33)59(46)4)65-45(32-15-20-53-21-16-32)28-55-47(62)34-12-14-44(64-5)41(25-34)54-19-7-8-37-26-39-40(56-35-17-22-58(3)23-18-35)9-6-10-42(39)60(37)30-49(50,51)52/h6,9-16,20-21,25-27,31,35-36,45-46,54,56,61H,17-19,22-24,28-30H2,1-5H3,(H,55,62)(H,57,63)/t36-,45+,46-/m0/s1. The number of ether oxygens (including phenoxy) is 2. The molecule has 65 heavy (non-hydrogen) atoms. The van der Waals surface area contributed by atoms with E-state index in [0.717, 1.165) is 48.4 Å². The molecule has 5 aromatic rings. The van der Waals surface area contributed by atoms with E-state index in [0.29, 0.717) is 40.1 Å². The van der Waals surface area contributed by atoms with Crippen LogP contribution in [0.15, 0.2) is 85.2 Å². The van der Waals surface area contributed by atoms with Gasteiger partial charge in [0, 0.05) is 53.9 Å². The number of aliphatic hydroxyl groups excluding tert-OH is 1. The Balaban J connectivity index is 1.06. The van der Waals surface area contributed by atoms with Crippen molar-refractivity contribution >= 4 is 39.8 Å². The van der Waals surface area contributed by atoms with Crippen molar-refractivity contribution in [2.45, 2.75) is 70.1 Å². The van der Waals surface area contributed by atoms with Gasteiger partial charge in [0.1, 0.15) is 30.2 Å². The van der Waals surface area contributed by atoms with Crippen molar-refractivity contribution in [3.05, 3.63) is 108 Å². The van der Waals surface area contributed by atoms with Crippen LogP contribution in [0.25, 0.3) is 10.9 Å². The van der Waals surface area contributed by atoms with Crippen LogP contribution in [0.5, 0.6) is 11.5 Å². The van der Waals surface area contributed by atoms with Gasteiger partial charge in [-0.05, 0) is 117 Å². The number of halogens is 3. The Morgan fingerprint density at radius 2 is 1.78 bits per heavy atom. The first-order chi connectivity index (χ1) is 31.2. The summed E-state index contributed by atoms with van der Waals surface area (Å²) >= 11 is 0. The minimum atomic E-state index is -4.46. The van der Waals surface area contributed by atoms with Gasteiger partial charge in [0.25, 0.3) is 5.91 Å². The second kappa shape index (κ2) is 20.6. The average Bonchev–Trinajstić information content (AvgIpc) is 3.63. The molecule has 4 heterocycles. The van der Waals surface area contributed by atoms with Gasteiger partial charge in [-0.15, -0.1) is 0 Å². The lowest BCUT2D eigenvalue weighted by Gasteiger charge is -2.37. The Kier molecular flexibility index (Phi) is 14.7. The molecule has 13 nitrogen and oxygen atoms in total. The number of rotatable bonds is 14. The Morgan fingerprint density at radius 1 is 1.02 bits per heavy atom. The number of pyridine rings is 1. The molecule has 1 saturated heterocycles. The minimum Gasteiger partial charge on any atom is -0.495 e. The number of likely N-dealkylation sites (N-methyl/N-ethyl adjacent to an activating group) is 1. The average molecular weight is 895 g/mol. The van der Waals surface area contributed by atoms with E-state index >= 15 is 0 Å². The number of carbonyl (C=O) groups excluding carboxylic acids is 2. The summed E-state index contributed by atoms with van der Waals surface area (Å²) in [5.41, 5.74) is 4.79. The third-order valence-electron chi connectivity index (χ3n) is 12.0. The number of benzene rings is 3. The number of aromatic nitrogens is 2. The smallest absolute Gasteiger partial charge is 0.406 e. The zero-order chi connectivity index (χ0) is 46.3. The zero-order valence-corrected chi connectivity index (χ0v) is 37.3. The van der Waals surface area contributed by atoms with Crippen LogP contribution < -0.4 is 35.6 Å². The number of anilines is 3. The summed E-state index contributed by atoms with van der Waals surface area (Å²) in [7, 11) is 5.45. The summed E-state index contributed by atoms with van der Waals surface area (Å²) in [6.07, 6.45) is 0.514. The number of piperidine rings is 1. The van der Waals surface area contributed by atoms with E-state index in [-0.39, 0.29) is 49.2 Å². The molecule has 2 amide bonds. The van der Waals surface area contributed by atoms with Crippen LogP contribution in [-0.2, 0) is 17.8 Å². The molecule has 2 aliphatic rings. The van der Waals surface area contributed by atoms with Gasteiger partial charge in [-0.3, -0.25) is 14.6 Å². The normalized spacial score (nSPS) is 17.6. The SMILES string of the molecule is COc1ccc(C(=O)NC[C@@H](Oc2ccc3c(c2)N(C)[C@@H](C(C)C)C(=O)N[C@H](CO)C3)c2ccncc2)cc1NCC#Cc1cc2c(NC3CCN(C)CC3)cccc2n1CC(F)(F)F. The van der Waals surface area contributed by atoms with E-state index in [9.17, 15) is 27.9 Å². The maximum Gasteiger partial charge on any atom is 0.406 e. The number of fused-ring (bicyclic) bond motifs is 2. The van der Waals surface area contributed by atoms with E-state index in [1.54, 1.807) is 48.8 Å². The summed E-state index contributed by atoms with van der Waals surface area (Å²) in [6.45, 7) is 4.60. The lowest BCUT2D eigenvalue weighted by atomic mass is 9.95. The van der Waals surface area contributed by atoms with Crippen molar-refractivity contribution in [3.8, 4) is 23.3 Å². The Bertz CT molecular complexity index is 2510. The number of hydrogen-bond donors (Lipinski definition) is 5. The second-order valence-electron chi connectivity index (χ2n) is 17.0. The van der Waals surface area contributed by atoms with Gasteiger partial charge >= 0.3 is 6.18 Å². The molecular weight excluding hydrogens is 838 g/mol. The molecule has 7 rings (SSSR count). The van der Waals surface area contributed by atoms with Crippen LogP contribution in [0.1, 0.15) is 60.0 Å². The van der Waals surface area contributed by atoms with Gasteiger partial charge in [-0.1, -0.05) is 31.9 Å². The third kappa shape index (κ3) is 11.5. The van der Waals surface area contributed by atoms with Crippen LogP contribution in [0.4, 0.5) is 30.2 Å². The Hall–Kier alpha value is -6.44. The van der Waals surface area contributed by atoms with E-state index in [1.165, 1.54) is 11.7 Å². The first-order valence-corrected chi connectivity index (χ1v) is 21.9. The molecule has 2 aromatic heterocycles. The monoisotopic (exact) mass is 894 g/mol. The number of alkyl halides is 3. The van der Waals surface area contributed by atoms with Gasteiger partial charge in [0.2, 0.25) is 5.91 Å².